The van der Waals surface area contributed by atoms with Gasteiger partial charge >= 0.3 is 12.4 Å². The second-order valence-electron chi connectivity index (χ2n) is 20.2. The van der Waals surface area contributed by atoms with E-state index in [4.69, 9.17) is 18.9 Å². The van der Waals surface area contributed by atoms with E-state index in [-0.39, 0.29) is 83.3 Å². The maximum atomic E-state index is 14.3. The lowest BCUT2D eigenvalue weighted by Gasteiger charge is -2.43. The number of carbonyl (C=O) groups is 2. The summed E-state index contributed by atoms with van der Waals surface area (Å²) in [6, 6.07) is 15.0. The van der Waals surface area contributed by atoms with Gasteiger partial charge in [-0.05, 0) is 88.4 Å². The molecule has 20 nitrogen and oxygen atoms in total. The van der Waals surface area contributed by atoms with Gasteiger partial charge in [0, 0.05) is 110 Å². The van der Waals surface area contributed by atoms with Gasteiger partial charge in [0.2, 0.25) is 0 Å². The largest absolute Gasteiger partial charge is 0.497 e. The van der Waals surface area contributed by atoms with E-state index in [0.29, 0.717) is 69.3 Å². The molecule has 26 heteroatoms. The first-order valence-electron chi connectivity index (χ1n) is 26.6. The number of hydrogen-bond donors (Lipinski definition) is 2. The maximum Gasteiger partial charge on any atom is 0.433 e. The number of carbonyl (C=O) groups excluding carboxylic acids is 2. The van der Waals surface area contributed by atoms with Gasteiger partial charge in [-0.1, -0.05) is 0 Å². The van der Waals surface area contributed by atoms with Crippen LogP contribution in [0.5, 0.6) is 23.0 Å². The zero-order valence-corrected chi connectivity index (χ0v) is 47.2. The van der Waals surface area contributed by atoms with Crippen molar-refractivity contribution in [3.05, 3.63) is 143 Å². The van der Waals surface area contributed by atoms with Crippen molar-refractivity contribution in [2.24, 2.45) is 0 Å². The molecule has 2 amide bonds. The Bertz CT molecular complexity index is 3420. The average molecular weight is 1170 g/mol. The number of amides is 2. The van der Waals surface area contributed by atoms with E-state index < -0.39 is 47.6 Å². The normalized spacial score (nSPS) is 17.0. The number of nitrogens with zero attached hydrogens (tertiary/aromatic N) is 12. The highest BCUT2D eigenvalue weighted by atomic mass is 19.4. The maximum absolute atomic E-state index is 14.3. The third kappa shape index (κ3) is 11.7. The third-order valence-electron chi connectivity index (χ3n) is 15.3. The Labute approximate surface area is 478 Å². The minimum absolute atomic E-state index is 0.0248. The highest BCUT2D eigenvalue weighted by Crippen LogP contribution is 2.40. The fourth-order valence-corrected chi connectivity index (χ4v) is 11.1. The van der Waals surface area contributed by atoms with Crippen LogP contribution in [0.4, 0.5) is 26.3 Å². The van der Waals surface area contributed by atoms with Crippen LogP contribution in [-0.4, -0.2) is 174 Å². The number of alkyl halides is 6. The lowest BCUT2D eigenvalue weighted by atomic mass is 10.0. The van der Waals surface area contributed by atoms with Gasteiger partial charge in [-0.25, -0.2) is 19.0 Å². The smallest absolute Gasteiger partial charge is 0.433 e. The molecule has 0 radical (unpaired) electrons. The summed E-state index contributed by atoms with van der Waals surface area (Å²) in [5.41, 5.74) is -0.0579. The van der Waals surface area contributed by atoms with Crippen molar-refractivity contribution in [3.63, 3.8) is 0 Å². The summed E-state index contributed by atoms with van der Waals surface area (Å²) in [4.78, 5) is 52.3. The molecule has 2 N–H and O–H groups in total. The fourth-order valence-electron chi connectivity index (χ4n) is 11.1. The molecule has 4 atom stereocenters. The van der Waals surface area contributed by atoms with E-state index in [1.165, 1.54) is 28.1 Å². The minimum atomic E-state index is -4.75. The monoisotopic (exact) mass is 1170 g/mol. The molecule has 84 heavy (non-hydrogen) atoms. The van der Waals surface area contributed by atoms with Crippen molar-refractivity contribution < 1.29 is 65.1 Å². The molecule has 10 rings (SSSR count). The molecule has 0 unspecified atom stereocenters. The van der Waals surface area contributed by atoms with E-state index in [1.54, 1.807) is 109 Å². The van der Waals surface area contributed by atoms with Crippen LogP contribution in [0.1, 0.15) is 80.3 Å². The molecule has 2 saturated heterocycles. The van der Waals surface area contributed by atoms with Crippen LogP contribution in [-0.2, 0) is 12.4 Å². The Morgan fingerprint density at radius 3 is 1.24 bits per heavy atom. The predicted octanol–water partition coefficient (Wildman–Crippen LogP) is 8.03. The Balaban J connectivity index is 0.000000202. The number of aliphatic hydroxyl groups excluding tert-OH is 2. The second kappa shape index (κ2) is 24.8. The first-order valence-corrected chi connectivity index (χ1v) is 26.6. The summed E-state index contributed by atoms with van der Waals surface area (Å²) < 4.78 is 109. The molecular formula is C58H62F6N12O8. The molecule has 8 heterocycles. The molecule has 0 saturated carbocycles. The number of aliphatic hydroxyl groups is 2. The standard InChI is InChI=1S/2C29H31F3N6O4/c2*1-17-15-36(23(16-39)21-13-33-10-9-24(21)42-4)11-12-37(17)28(40)22-14-34-38-26(29(30,31)32)18(2)25(35-27(22)38)19-5-7-20(41-3)8-6-19/h2*5-10,13-14,17,23,39H,11-12,15-16H2,1-4H3/t17-,23+;17-,23-/m11/s1. The van der Waals surface area contributed by atoms with Crippen LogP contribution < -0.4 is 18.9 Å². The van der Waals surface area contributed by atoms with Crippen LogP contribution >= 0.6 is 0 Å². The van der Waals surface area contributed by atoms with Crippen molar-refractivity contribution in [1.29, 1.82) is 0 Å². The lowest BCUT2D eigenvalue weighted by molar-refractivity contribution is -0.144. The summed E-state index contributed by atoms with van der Waals surface area (Å²) in [6.07, 6.45) is -0.701. The van der Waals surface area contributed by atoms with Crippen LogP contribution in [0.15, 0.2) is 97.8 Å². The van der Waals surface area contributed by atoms with Gasteiger partial charge in [-0.2, -0.15) is 36.5 Å². The summed E-state index contributed by atoms with van der Waals surface area (Å²) in [7, 11) is 6.08. The minimum Gasteiger partial charge on any atom is -0.497 e. The van der Waals surface area contributed by atoms with Crippen molar-refractivity contribution in [2.45, 2.75) is 64.2 Å². The summed E-state index contributed by atoms with van der Waals surface area (Å²) in [5.74, 6) is 1.34. The number of aromatic nitrogens is 8. The molecule has 6 aromatic heterocycles. The van der Waals surface area contributed by atoms with Gasteiger partial charge in [0.05, 0.1) is 77.5 Å². The molecule has 0 bridgehead atoms. The van der Waals surface area contributed by atoms with Gasteiger partial charge in [-0.3, -0.25) is 29.4 Å². The molecule has 2 aliphatic heterocycles. The van der Waals surface area contributed by atoms with Gasteiger partial charge in [0.25, 0.3) is 11.8 Å². The zero-order valence-electron chi connectivity index (χ0n) is 47.2. The number of ether oxygens (including phenoxy) is 4. The van der Waals surface area contributed by atoms with Crippen LogP contribution in [0, 0.1) is 13.8 Å². The molecular weight excluding hydrogens is 1110 g/mol. The lowest BCUT2D eigenvalue weighted by Crippen LogP contribution is -2.55. The fraction of sp³-hybridized carbons (Fsp3) is 0.379. The van der Waals surface area contributed by atoms with E-state index in [1.807, 2.05) is 23.6 Å². The Hall–Kier alpha value is -8.46. The van der Waals surface area contributed by atoms with E-state index in [9.17, 15) is 46.1 Å². The third-order valence-corrected chi connectivity index (χ3v) is 15.3. The number of rotatable bonds is 14. The van der Waals surface area contributed by atoms with Gasteiger partial charge in [0.15, 0.2) is 22.7 Å². The zero-order chi connectivity index (χ0) is 60.4. The summed E-state index contributed by atoms with van der Waals surface area (Å²) >= 11 is 0. The van der Waals surface area contributed by atoms with Gasteiger partial charge in [0.1, 0.15) is 34.1 Å². The van der Waals surface area contributed by atoms with Crippen molar-refractivity contribution in [1.82, 2.24) is 58.8 Å². The van der Waals surface area contributed by atoms with Crippen LogP contribution in [0.3, 0.4) is 0 Å². The number of halogens is 6. The summed E-state index contributed by atoms with van der Waals surface area (Å²) in [6.45, 7) is 8.21. The second-order valence-corrected chi connectivity index (χ2v) is 20.2. The highest BCUT2D eigenvalue weighted by Gasteiger charge is 2.42. The van der Waals surface area contributed by atoms with Crippen LogP contribution in [0.25, 0.3) is 33.8 Å². The van der Waals surface area contributed by atoms with Gasteiger partial charge in [-0.15, -0.1) is 0 Å². The number of benzene rings is 2. The number of piperazine rings is 2. The molecule has 2 fully saturated rings. The van der Waals surface area contributed by atoms with Gasteiger partial charge < -0.3 is 39.0 Å². The van der Waals surface area contributed by atoms with Crippen LogP contribution in [0.2, 0.25) is 0 Å². The molecule has 8 aromatic rings. The van der Waals surface area contributed by atoms with Crippen molar-refractivity contribution in [3.8, 4) is 45.5 Å². The number of fused-ring (bicyclic) bond motifs is 2. The Morgan fingerprint density at radius 1 is 0.560 bits per heavy atom. The highest BCUT2D eigenvalue weighted by molar-refractivity contribution is 6.01. The SMILES string of the molecule is COc1ccc(-c2nc3c(C(=O)N4CCN([C@@H](CO)c5cnccc5OC)C[C@H]4C)cnn3c(C(F)(F)F)c2C)cc1.COc1ccc(-c2nc3c(C(=O)N4CCN([C@H](CO)c5cnccc5OC)C[C@H]4C)cnn3c(C(F)(F)F)c2C)cc1. The average Bonchev–Trinajstić information content (AvgIpc) is 3.00. The van der Waals surface area contributed by atoms with E-state index >= 15 is 0 Å². The van der Waals surface area contributed by atoms with E-state index in [2.05, 4.69) is 30.1 Å². The summed E-state index contributed by atoms with van der Waals surface area (Å²) in [5, 5.41) is 28.4. The Kier molecular flexibility index (Phi) is 17.7. The quantitative estimate of drug-likeness (QED) is 0.0987. The van der Waals surface area contributed by atoms with E-state index in [0.717, 1.165) is 23.5 Å². The number of methoxy groups -OCH3 is 4. The predicted molar refractivity (Wildman–Crippen MR) is 295 cm³/mol. The Morgan fingerprint density at radius 2 is 0.929 bits per heavy atom. The molecule has 2 aliphatic rings. The molecule has 2 aromatic carbocycles. The van der Waals surface area contributed by atoms with Crippen molar-refractivity contribution >= 4 is 23.1 Å². The first-order chi connectivity index (χ1) is 40.2. The topological polar surface area (TPSA) is 211 Å². The molecule has 444 valence electrons. The molecule has 0 aliphatic carbocycles. The number of hydrogen-bond acceptors (Lipinski definition) is 16. The first kappa shape index (κ1) is 60.1. The van der Waals surface area contributed by atoms with Crippen molar-refractivity contribution in [2.75, 3.05) is 80.9 Å². The number of pyridine rings is 2. The molecule has 0 spiro atoms.